The van der Waals surface area contributed by atoms with Crippen molar-refractivity contribution >= 4 is 16.8 Å². The van der Waals surface area contributed by atoms with Crippen LogP contribution in [0.3, 0.4) is 0 Å². The Morgan fingerprint density at radius 1 is 0.976 bits per heavy atom. The summed E-state index contributed by atoms with van der Waals surface area (Å²) in [5, 5.41) is 0. The molecule has 0 radical (unpaired) electrons. The van der Waals surface area contributed by atoms with E-state index < -0.39 is 5.82 Å². The third-order valence-electron chi connectivity index (χ3n) is 6.86. The van der Waals surface area contributed by atoms with Crippen molar-refractivity contribution in [3.63, 3.8) is 0 Å². The Bertz CT molecular complexity index is 1800. The highest BCUT2D eigenvalue weighted by Gasteiger charge is 2.20. The summed E-state index contributed by atoms with van der Waals surface area (Å²) in [4.78, 5) is 35.6. The Hall–Kier alpha value is -5.05. The maximum atomic E-state index is 13.5. The molecule has 0 aliphatic carbocycles. The maximum Gasteiger partial charge on any atom is 0.257 e. The van der Waals surface area contributed by atoms with Crippen molar-refractivity contribution in [2.24, 2.45) is 0 Å². The van der Waals surface area contributed by atoms with Gasteiger partial charge >= 0.3 is 0 Å². The molecule has 0 aliphatic heterocycles. The van der Waals surface area contributed by atoms with Crippen molar-refractivity contribution in [1.29, 1.82) is 0 Å². The van der Waals surface area contributed by atoms with Crippen LogP contribution in [0.25, 0.3) is 22.2 Å². The lowest BCUT2D eigenvalue weighted by Crippen LogP contribution is -2.23. The Kier molecular flexibility index (Phi) is 7.78. The van der Waals surface area contributed by atoms with Gasteiger partial charge in [-0.15, -0.1) is 0 Å². The van der Waals surface area contributed by atoms with Crippen LogP contribution in [0.2, 0.25) is 0 Å². The monoisotopic (exact) mass is 553 g/mol. The largest absolute Gasteiger partial charge is 0.491 e. The number of pyridine rings is 3. The summed E-state index contributed by atoms with van der Waals surface area (Å²) in [5.41, 5.74) is 3.22. The quantitative estimate of drug-likeness (QED) is 0.202. The molecule has 0 bridgehead atoms. The second-order valence-corrected chi connectivity index (χ2v) is 9.35. The number of Topliss-reactive ketones (excluding diaryl/α,β-unsaturated/α-hetero) is 1. The minimum Gasteiger partial charge on any atom is -0.491 e. The number of hydrogen-bond acceptors (Lipinski definition) is 7. The molecule has 0 amide bonds. The van der Waals surface area contributed by atoms with Gasteiger partial charge in [-0.1, -0.05) is 24.3 Å². The Morgan fingerprint density at radius 3 is 2.37 bits per heavy atom. The summed E-state index contributed by atoms with van der Waals surface area (Å²) in [7, 11) is 3.03. The number of hydrogen-bond donors (Lipinski definition) is 0. The molecule has 5 rings (SSSR count). The second kappa shape index (κ2) is 11.6. The Balaban J connectivity index is 1.40. The van der Waals surface area contributed by atoms with Crippen LogP contribution in [0.4, 0.5) is 4.39 Å². The van der Waals surface area contributed by atoms with Crippen LogP contribution in [0.1, 0.15) is 28.5 Å². The molecule has 0 N–H and O–H groups in total. The highest BCUT2D eigenvalue weighted by molar-refractivity contribution is 5.98. The van der Waals surface area contributed by atoms with Gasteiger partial charge < -0.3 is 18.8 Å². The molecule has 0 saturated heterocycles. The van der Waals surface area contributed by atoms with Crippen molar-refractivity contribution in [3.05, 3.63) is 106 Å². The normalized spacial score (nSPS) is 11.0. The number of nitrogens with zero attached hydrogens (tertiary/aromatic N) is 3. The van der Waals surface area contributed by atoms with Crippen molar-refractivity contribution < 1.29 is 23.4 Å². The van der Waals surface area contributed by atoms with Crippen LogP contribution >= 0.6 is 0 Å². The van der Waals surface area contributed by atoms with E-state index in [9.17, 15) is 14.0 Å². The minimum atomic E-state index is -0.393. The molecule has 0 aliphatic rings. The molecule has 41 heavy (non-hydrogen) atoms. The molecule has 0 fully saturated rings. The van der Waals surface area contributed by atoms with Gasteiger partial charge in [-0.05, 0) is 49.2 Å². The van der Waals surface area contributed by atoms with E-state index in [2.05, 4.69) is 9.97 Å². The zero-order valence-electron chi connectivity index (χ0n) is 23.1. The molecule has 9 heteroatoms. The Labute approximate surface area is 236 Å². The van der Waals surface area contributed by atoms with E-state index in [1.807, 2.05) is 18.4 Å². The van der Waals surface area contributed by atoms with Gasteiger partial charge in [-0.25, -0.2) is 9.37 Å². The smallest absolute Gasteiger partial charge is 0.257 e. The predicted octanol–water partition coefficient (Wildman–Crippen LogP) is 6.16. The van der Waals surface area contributed by atoms with Crippen LogP contribution in [-0.4, -0.2) is 34.5 Å². The molecule has 3 aromatic heterocycles. The van der Waals surface area contributed by atoms with Gasteiger partial charge in [0.2, 0.25) is 0 Å². The molecular formula is C32H28FN3O5. The number of ketones is 1. The zero-order chi connectivity index (χ0) is 29.1. The second-order valence-electron chi connectivity index (χ2n) is 9.35. The summed E-state index contributed by atoms with van der Waals surface area (Å²) in [6.45, 7) is 4.33. The van der Waals surface area contributed by atoms with Gasteiger partial charge in [0.1, 0.15) is 17.1 Å². The molecule has 5 aromatic rings. The molecule has 2 aromatic carbocycles. The van der Waals surface area contributed by atoms with Crippen molar-refractivity contribution in [2.75, 3.05) is 14.2 Å². The van der Waals surface area contributed by atoms with Gasteiger partial charge in [-0.2, -0.15) is 0 Å². The van der Waals surface area contributed by atoms with Crippen molar-refractivity contribution in [3.8, 4) is 34.3 Å². The first-order valence-electron chi connectivity index (χ1n) is 13.0. The van der Waals surface area contributed by atoms with Gasteiger partial charge in [-0.3, -0.25) is 14.6 Å². The number of halogens is 1. The molecule has 0 atom stereocenters. The average molecular weight is 554 g/mol. The Morgan fingerprint density at radius 2 is 1.71 bits per heavy atom. The summed E-state index contributed by atoms with van der Waals surface area (Å²) in [6, 6.07) is 16.2. The third-order valence-corrected chi connectivity index (χ3v) is 6.86. The van der Waals surface area contributed by atoms with Gasteiger partial charge in [0.15, 0.2) is 22.7 Å². The standard InChI is InChI=1S/C32H28FN3O5/c1-5-36-18-24(31(38)29(19(36)2)21-8-10-22(33)11-9-21)26(37)16-20-6-12-23(13-7-20)41-27-14-15-34-25-17-28(39-3)32(40-4)35-30(25)27/h6-15,17-18H,5,16H2,1-4H3. The van der Waals surface area contributed by atoms with E-state index in [0.717, 1.165) is 11.3 Å². The minimum absolute atomic E-state index is 0.0297. The molecule has 3 heterocycles. The number of ether oxygens (including phenoxy) is 3. The number of benzene rings is 2. The van der Waals surface area contributed by atoms with Crippen LogP contribution < -0.4 is 19.6 Å². The number of methoxy groups -OCH3 is 2. The molecule has 0 unspecified atom stereocenters. The number of rotatable bonds is 9. The van der Waals surface area contributed by atoms with E-state index in [1.54, 1.807) is 60.9 Å². The van der Waals surface area contributed by atoms with E-state index in [-0.39, 0.29) is 23.2 Å². The SMILES string of the molecule is CCn1cc(C(=O)Cc2ccc(Oc3ccnc4cc(OC)c(OC)nc34)cc2)c(=O)c(-c2ccc(F)cc2)c1C. The molecular weight excluding hydrogens is 525 g/mol. The van der Waals surface area contributed by atoms with Crippen LogP contribution in [0.5, 0.6) is 23.1 Å². The fourth-order valence-corrected chi connectivity index (χ4v) is 4.71. The number of aromatic nitrogens is 3. The molecule has 8 nitrogen and oxygen atoms in total. The summed E-state index contributed by atoms with van der Waals surface area (Å²) >= 11 is 0. The maximum absolute atomic E-state index is 13.5. The number of fused-ring (bicyclic) bond motifs is 1. The zero-order valence-corrected chi connectivity index (χ0v) is 23.1. The van der Waals surface area contributed by atoms with Crippen LogP contribution in [0, 0.1) is 12.7 Å². The first-order chi connectivity index (χ1) is 19.8. The summed E-state index contributed by atoms with van der Waals surface area (Å²) < 4.78 is 32.1. The van der Waals surface area contributed by atoms with Crippen LogP contribution in [-0.2, 0) is 13.0 Å². The number of aryl methyl sites for hydroxylation is 1. The summed E-state index contributed by atoms with van der Waals surface area (Å²) in [6.07, 6.45) is 3.25. The molecule has 0 saturated carbocycles. The fourth-order valence-electron chi connectivity index (χ4n) is 4.71. The predicted molar refractivity (Wildman–Crippen MR) is 154 cm³/mol. The van der Waals surface area contributed by atoms with E-state index >= 15 is 0 Å². The molecule has 0 spiro atoms. The van der Waals surface area contributed by atoms with Crippen LogP contribution in [0.15, 0.2) is 77.9 Å². The van der Waals surface area contributed by atoms with Crippen molar-refractivity contribution in [2.45, 2.75) is 26.8 Å². The first-order valence-corrected chi connectivity index (χ1v) is 13.0. The first kappa shape index (κ1) is 27.5. The third kappa shape index (κ3) is 5.51. The highest BCUT2D eigenvalue weighted by Crippen LogP contribution is 2.34. The van der Waals surface area contributed by atoms with Gasteiger partial charge in [0.05, 0.1) is 25.3 Å². The highest BCUT2D eigenvalue weighted by atomic mass is 19.1. The van der Waals surface area contributed by atoms with Gasteiger partial charge in [0.25, 0.3) is 5.88 Å². The summed E-state index contributed by atoms with van der Waals surface area (Å²) in [5.74, 6) is 1.09. The molecule has 208 valence electrons. The topological polar surface area (TPSA) is 92.5 Å². The fraction of sp³-hybridized carbons (Fsp3) is 0.188. The number of carbonyl (C=O) groups excluding carboxylic acids is 1. The lowest BCUT2D eigenvalue weighted by molar-refractivity contribution is 0.0991. The number of carbonyl (C=O) groups is 1. The van der Waals surface area contributed by atoms with E-state index in [4.69, 9.17) is 14.2 Å². The average Bonchev–Trinajstić information content (AvgIpc) is 2.98. The van der Waals surface area contributed by atoms with Crippen molar-refractivity contribution in [1.82, 2.24) is 14.5 Å². The lowest BCUT2D eigenvalue weighted by Gasteiger charge is -2.15. The lowest BCUT2D eigenvalue weighted by atomic mass is 9.97. The van der Waals surface area contributed by atoms with E-state index in [1.165, 1.54) is 26.4 Å². The van der Waals surface area contributed by atoms with Gasteiger partial charge in [0, 0.05) is 48.7 Å². The van der Waals surface area contributed by atoms with E-state index in [0.29, 0.717) is 51.8 Å².